The number of allylic oxidation sites excluding steroid dienone is 1. The van der Waals surface area contributed by atoms with Crippen LogP contribution < -0.4 is 11.2 Å². The summed E-state index contributed by atoms with van der Waals surface area (Å²) in [6, 6.07) is 5.00. The average molecular weight is 396 g/mol. The smallest absolute Gasteiger partial charge is 0.118 e. The predicted molar refractivity (Wildman–Crippen MR) is 118 cm³/mol. The van der Waals surface area contributed by atoms with Gasteiger partial charge in [-0.25, -0.2) is 0 Å². The fourth-order valence-corrected chi connectivity index (χ4v) is 4.93. The summed E-state index contributed by atoms with van der Waals surface area (Å²) in [6.07, 6.45) is 11.1. The standard InChI is InChI=1S/C23H33N5O/c1-15(22(25)20-11-10-16-5-2-9-19(16)23(20)27-29)13-21(24)26-17-6-4-12-28(14-17)18-7-3-8-18/h10-11,13,17-18,25,27,29H,2-9,12,14H2,1H3,(H2,24,26). The molecule has 0 radical (unpaired) electrons. The highest BCUT2D eigenvalue weighted by molar-refractivity contribution is 6.16. The van der Waals surface area contributed by atoms with Gasteiger partial charge >= 0.3 is 0 Å². The zero-order valence-electron chi connectivity index (χ0n) is 17.4. The Balaban J connectivity index is 1.47. The van der Waals surface area contributed by atoms with Gasteiger partial charge in [0.2, 0.25) is 0 Å². The van der Waals surface area contributed by atoms with Gasteiger partial charge in [-0.1, -0.05) is 18.6 Å². The Morgan fingerprint density at radius 2 is 2.07 bits per heavy atom. The highest BCUT2D eigenvalue weighted by Crippen LogP contribution is 2.33. The third-order valence-corrected chi connectivity index (χ3v) is 6.77. The van der Waals surface area contributed by atoms with Crippen molar-refractivity contribution in [3.8, 4) is 0 Å². The van der Waals surface area contributed by atoms with Gasteiger partial charge in [-0.15, -0.1) is 0 Å². The molecular weight excluding hydrogens is 362 g/mol. The van der Waals surface area contributed by atoms with Gasteiger partial charge in [0.05, 0.1) is 17.4 Å². The number of hydrogen-bond donors (Lipinski definition) is 4. The van der Waals surface area contributed by atoms with Crippen molar-refractivity contribution in [3.63, 3.8) is 0 Å². The first-order chi connectivity index (χ1) is 14.1. The average Bonchev–Trinajstić information content (AvgIpc) is 3.14. The summed E-state index contributed by atoms with van der Waals surface area (Å²) in [5.41, 5.74) is 13.5. The number of anilines is 1. The number of fused-ring (bicyclic) bond motifs is 1. The number of nitrogens with zero attached hydrogens (tertiary/aromatic N) is 2. The van der Waals surface area contributed by atoms with E-state index in [2.05, 4.69) is 16.4 Å². The fourth-order valence-electron chi connectivity index (χ4n) is 4.93. The van der Waals surface area contributed by atoms with E-state index in [1.165, 1.54) is 37.8 Å². The van der Waals surface area contributed by atoms with Crippen molar-refractivity contribution in [2.24, 2.45) is 10.7 Å². The van der Waals surface area contributed by atoms with Crippen molar-refractivity contribution in [3.05, 3.63) is 40.5 Å². The van der Waals surface area contributed by atoms with Crippen LogP contribution in [0.25, 0.3) is 0 Å². The molecule has 6 heteroatoms. The molecule has 1 unspecified atom stereocenters. The molecule has 1 saturated carbocycles. The minimum atomic E-state index is 0.247. The molecule has 0 amide bonds. The van der Waals surface area contributed by atoms with Crippen LogP contribution in [0.4, 0.5) is 5.69 Å². The summed E-state index contributed by atoms with van der Waals surface area (Å²) in [7, 11) is 0. The number of aliphatic imine (C=N–C) groups is 1. The molecule has 5 N–H and O–H groups in total. The van der Waals surface area contributed by atoms with E-state index in [0.29, 0.717) is 22.8 Å². The third-order valence-electron chi connectivity index (χ3n) is 6.77. The van der Waals surface area contributed by atoms with Crippen molar-refractivity contribution in [1.82, 2.24) is 4.90 Å². The maximum atomic E-state index is 9.69. The van der Waals surface area contributed by atoms with Gasteiger partial charge in [0, 0.05) is 18.2 Å². The van der Waals surface area contributed by atoms with Crippen LogP contribution in [0, 0.1) is 5.41 Å². The van der Waals surface area contributed by atoms with Crippen molar-refractivity contribution in [1.29, 1.82) is 5.41 Å². The molecule has 1 aromatic rings. The van der Waals surface area contributed by atoms with Gasteiger partial charge in [-0.05, 0) is 81.2 Å². The van der Waals surface area contributed by atoms with Crippen molar-refractivity contribution < 1.29 is 5.21 Å². The maximum absolute atomic E-state index is 9.69. The molecule has 1 aromatic carbocycles. The quantitative estimate of drug-likeness (QED) is 0.336. The Labute approximate surface area is 173 Å². The number of benzene rings is 1. The summed E-state index contributed by atoms with van der Waals surface area (Å²) in [6.45, 7) is 4.07. The summed E-state index contributed by atoms with van der Waals surface area (Å²) in [4.78, 5) is 7.34. The lowest BCUT2D eigenvalue weighted by Gasteiger charge is -2.41. The van der Waals surface area contributed by atoms with E-state index in [9.17, 15) is 5.21 Å². The van der Waals surface area contributed by atoms with E-state index in [1.807, 2.05) is 13.0 Å². The lowest BCUT2D eigenvalue weighted by molar-refractivity contribution is 0.0960. The fraction of sp³-hybridized carbons (Fsp3) is 0.565. The van der Waals surface area contributed by atoms with E-state index in [4.69, 9.17) is 16.1 Å². The number of rotatable bonds is 6. The Kier molecular flexibility index (Phi) is 6.01. The minimum absolute atomic E-state index is 0.247. The van der Waals surface area contributed by atoms with Crippen molar-refractivity contribution in [2.45, 2.75) is 70.4 Å². The number of aryl methyl sites for hydroxylation is 1. The number of amidine groups is 1. The first kappa shape index (κ1) is 20.1. The van der Waals surface area contributed by atoms with E-state index >= 15 is 0 Å². The Bertz CT molecular complexity index is 840. The predicted octanol–water partition coefficient (Wildman–Crippen LogP) is 3.66. The lowest BCUT2D eigenvalue weighted by Crippen LogP contribution is -2.47. The van der Waals surface area contributed by atoms with Gasteiger partial charge in [0.15, 0.2) is 0 Å². The second-order valence-electron chi connectivity index (χ2n) is 8.72. The van der Waals surface area contributed by atoms with Gasteiger partial charge in [0.25, 0.3) is 0 Å². The minimum Gasteiger partial charge on any atom is -0.384 e. The molecular formula is C23H33N5O. The van der Waals surface area contributed by atoms with E-state index in [-0.39, 0.29) is 6.04 Å². The topological polar surface area (TPSA) is 97.7 Å². The molecule has 6 nitrogen and oxygen atoms in total. The molecule has 4 rings (SSSR count). The first-order valence-electron chi connectivity index (χ1n) is 11.0. The molecule has 1 saturated heterocycles. The van der Waals surface area contributed by atoms with Crippen LogP contribution in [0.2, 0.25) is 0 Å². The molecule has 1 atom stereocenters. The summed E-state index contributed by atoms with van der Waals surface area (Å²) < 4.78 is 0. The number of likely N-dealkylation sites (tertiary alicyclic amines) is 1. The normalized spacial score (nSPS) is 23.6. The van der Waals surface area contributed by atoms with Crippen LogP contribution in [-0.2, 0) is 12.8 Å². The van der Waals surface area contributed by atoms with Crippen LogP contribution in [-0.4, -0.2) is 46.8 Å². The molecule has 2 fully saturated rings. The summed E-state index contributed by atoms with van der Waals surface area (Å²) in [5.74, 6) is 0.493. The number of nitrogens with two attached hydrogens (primary N) is 1. The molecule has 1 aliphatic heterocycles. The first-order valence-corrected chi connectivity index (χ1v) is 11.0. The zero-order chi connectivity index (χ0) is 20.4. The van der Waals surface area contributed by atoms with Gasteiger partial charge in [0.1, 0.15) is 5.84 Å². The van der Waals surface area contributed by atoms with Crippen molar-refractivity contribution >= 4 is 17.2 Å². The highest BCUT2D eigenvalue weighted by Gasteiger charge is 2.29. The second kappa shape index (κ2) is 8.67. The number of hydrogen-bond acceptors (Lipinski definition) is 5. The molecule has 1 heterocycles. The lowest BCUT2D eigenvalue weighted by atomic mass is 9.89. The van der Waals surface area contributed by atoms with Crippen LogP contribution in [0.3, 0.4) is 0 Å². The largest absolute Gasteiger partial charge is 0.384 e. The Morgan fingerprint density at radius 1 is 1.24 bits per heavy atom. The zero-order valence-corrected chi connectivity index (χ0v) is 17.4. The van der Waals surface area contributed by atoms with Gasteiger partial charge in [-0.3, -0.25) is 26.0 Å². The monoisotopic (exact) mass is 395 g/mol. The van der Waals surface area contributed by atoms with Gasteiger partial charge in [-0.2, -0.15) is 0 Å². The van der Waals surface area contributed by atoms with E-state index in [1.54, 1.807) is 6.08 Å². The van der Waals surface area contributed by atoms with Crippen molar-refractivity contribution in [2.75, 3.05) is 18.6 Å². The molecule has 156 valence electrons. The van der Waals surface area contributed by atoms with Gasteiger partial charge < -0.3 is 5.73 Å². The Hall–Kier alpha value is -2.18. The molecule has 2 aliphatic carbocycles. The van der Waals surface area contributed by atoms with E-state index in [0.717, 1.165) is 49.4 Å². The number of piperidine rings is 1. The molecule has 0 bridgehead atoms. The van der Waals surface area contributed by atoms with Crippen LogP contribution in [0.1, 0.15) is 62.1 Å². The Morgan fingerprint density at radius 3 is 2.79 bits per heavy atom. The SMILES string of the molecule is CC(=CC(N)=NC1CCCN(C2CCC2)C1)C(=N)c1ccc2c(c1NO)CCC2. The molecule has 3 aliphatic rings. The summed E-state index contributed by atoms with van der Waals surface area (Å²) >= 11 is 0. The number of nitrogens with one attached hydrogen (secondary N) is 2. The van der Waals surface area contributed by atoms with Crippen LogP contribution >= 0.6 is 0 Å². The second-order valence-corrected chi connectivity index (χ2v) is 8.72. The maximum Gasteiger partial charge on any atom is 0.118 e. The van der Waals surface area contributed by atoms with E-state index < -0.39 is 0 Å². The molecule has 29 heavy (non-hydrogen) atoms. The van der Waals surface area contributed by atoms with Crippen LogP contribution in [0.5, 0.6) is 0 Å². The molecule has 0 aromatic heterocycles. The highest BCUT2D eigenvalue weighted by atomic mass is 16.5. The molecule has 0 spiro atoms. The third kappa shape index (κ3) is 4.23. The van der Waals surface area contributed by atoms with Crippen LogP contribution in [0.15, 0.2) is 28.8 Å². The summed E-state index contributed by atoms with van der Waals surface area (Å²) in [5, 5.41) is 18.3.